The van der Waals surface area contributed by atoms with Crippen LogP contribution in [0.2, 0.25) is 0 Å². The second-order valence-corrected chi connectivity index (χ2v) is 7.10. The molecule has 2 aliphatic carbocycles. The van der Waals surface area contributed by atoms with Crippen LogP contribution in [0.1, 0.15) is 70.6 Å². The summed E-state index contributed by atoms with van der Waals surface area (Å²) in [6.07, 6.45) is 13.0. The van der Waals surface area contributed by atoms with E-state index < -0.39 is 5.54 Å². The molecule has 0 heterocycles. The van der Waals surface area contributed by atoms with Crippen LogP contribution in [0.25, 0.3) is 0 Å². The molecular weight excluding hydrogens is 333 g/mol. The Morgan fingerprint density at radius 1 is 1.09 bits per heavy atom. The molecule has 0 saturated heterocycles. The summed E-state index contributed by atoms with van der Waals surface area (Å²) in [5.74, 6) is 0.0718. The number of amides is 1. The van der Waals surface area contributed by atoms with Crippen molar-refractivity contribution in [2.45, 2.75) is 82.2 Å². The number of carbonyl (C=O) groups is 1. The topological polar surface area (TPSA) is 58.4 Å². The number of carbonyl (C=O) groups excluding carboxylic acids is 1. The van der Waals surface area contributed by atoms with Gasteiger partial charge in [-0.25, -0.2) is 0 Å². The van der Waals surface area contributed by atoms with Crippen molar-refractivity contribution in [1.29, 1.82) is 0 Å². The molecule has 6 heteroatoms. The summed E-state index contributed by atoms with van der Waals surface area (Å²) in [4.78, 5) is 14.7. The van der Waals surface area contributed by atoms with Crippen molar-refractivity contribution in [3.8, 4) is 0 Å². The van der Waals surface area contributed by atoms with E-state index in [4.69, 9.17) is 5.73 Å². The first-order valence-corrected chi connectivity index (χ1v) is 8.89. The Kier molecular flexibility index (Phi) is 11.5. The molecule has 2 saturated carbocycles. The van der Waals surface area contributed by atoms with Gasteiger partial charge in [-0.2, -0.15) is 0 Å². The second-order valence-electron chi connectivity index (χ2n) is 7.10. The van der Waals surface area contributed by atoms with Gasteiger partial charge in [0.1, 0.15) is 0 Å². The number of nitrogens with one attached hydrogen (secondary N) is 1. The third-order valence-electron chi connectivity index (χ3n) is 5.37. The maximum absolute atomic E-state index is 12.2. The Bertz CT molecular complexity index is 330. The highest BCUT2D eigenvalue weighted by molar-refractivity contribution is 5.86. The fourth-order valence-electron chi connectivity index (χ4n) is 3.82. The monoisotopic (exact) mass is 367 g/mol. The number of nitrogens with zero attached hydrogens (tertiary/aromatic N) is 1. The first-order chi connectivity index (χ1) is 10.1. The van der Waals surface area contributed by atoms with E-state index in [1.54, 1.807) is 0 Å². The van der Waals surface area contributed by atoms with Gasteiger partial charge in [0.15, 0.2) is 0 Å². The molecule has 0 radical (unpaired) electrons. The van der Waals surface area contributed by atoms with E-state index in [1.807, 2.05) is 0 Å². The van der Waals surface area contributed by atoms with Crippen LogP contribution in [0, 0.1) is 0 Å². The zero-order chi connectivity index (χ0) is 15.1. The van der Waals surface area contributed by atoms with E-state index in [0.717, 1.165) is 51.2 Å². The summed E-state index contributed by atoms with van der Waals surface area (Å²) in [6, 6.07) is 0.758. The summed E-state index contributed by atoms with van der Waals surface area (Å²) in [6.45, 7) is 1.83. The quantitative estimate of drug-likeness (QED) is 0.708. The van der Waals surface area contributed by atoms with Gasteiger partial charge in [-0.3, -0.25) is 4.79 Å². The predicted molar refractivity (Wildman–Crippen MR) is 102 cm³/mol. The summed E-state index contributed by atoms with van der Waals surface area (Å²) in [5, 5.41) is 3.06. The van der Waals surface area contributed by atoms with Gasteiger partial charge < -0.3 is 16.0 Å². The molecule has 0 unspecified atom stereocenters. The molecule has 0 aliphatic heterocycles. The van der Waals surface area contributed by atoms with Crippen LogP contribution in [0.5, 0.6) is 0 Å². The van der Waals surface area contributed by atoms with Crippen molar-refractivity contribution in [2.75, 3.05) is 20.1 Å². The van der Waals surface area contributed by atoms with Crippen LogP contribution in [0.4, 0.5) is 0 Å². The summed E-state index contributed by atoms with van der Waals surface area (Å²) in [7, 11) is 2.23. The lowest BCUT2D eigenvalue weighted by molar-refractivity contribution is -0.127. The third kappa shape index (κ3) is 7.16. The van der Waals surface area contributed by atoms with Crippen LogP contribution in [0.3, 0.4) is 0 Å². The molecule has 138 valence electrons. The van der Waals surface area contributed by atoms with E-state index in [9.17, 15) is 4.79 Å². The highest BCUT2D eigenvalue weighted by atomic mass is 35.5. The largest absolute Gasteiger partial charge is 0.354 e. The highest BCUT2D eigenvalue weighted by Crippen LogP contribution is 2.26. The molecule has 1 amide bonds. The van der Waals surface area contributed by atoms with Gasteiger partial charge in [0, 0.05) is 12.6 Å². The van der Waals surface area contributed by atoms with Gasteiger partial charge in [0.05, 0.1) is 5.54 Å². The van der Waals surface area contributed by atoms with Gasteiger partial charge in [0.2, 0.25) is 5.91 Å². The molecule has 2 rings (SSSR count). The van der Waals surface area contributed by atoms with E-state index in [0.29, 0.717) is 0 Å². The summed E-state index contributed by atoms with van der Waals surface area (Å²) < 4.78 is 0. The van der Waals surface area contributed by atoms with Crippen LogP contribution in [-0.2, 0) is 4.79 Å². The molecule has 0 spiro atoms. The molecular formula is C17H35Cl2N3O. The lowest BCUT2D eigenvalue weighted by atomic mass is 9.82. The molecule has 0 aromatic carbocycles. The van der Waals surface area contributed by atoms with Gasteiger partial charge in [-0.05, 0) is 45.7 Å². The van der Waals surface area contributed by atoms with Crippen molar-refractivity contribution in [3.63, 3.8) is 0 Å². The maximum Gasteiger partial charge on any atom is 0.240 e. The average molecular weight is 368 g/mol. The number of halogens is 2. The molecule has 4 nitrogen and oxygen atoms in total. The predicted octanol–water partition coefficient (Wildman–Crippen LogP) is 3.26. The number of hydrogen-bond acceptors (Lipinski definition) is 3. The van der Waals surface area contributed by atoms with Crippen molar-refractivity contribution < 1.29 is 4.79 Å². The van der Waals surface area contributed by atoms with Gasteiger partial charge in [-0.15, -0.1) is 24.8 Å². The highest BCUT2D eigenvalue weighted by Gasteiger charge is 2.34. The van der Waals surface area contributed by atoms with E-state index in [2.05, 4.69) is 17.3 Å². The molecule has 0 bridgehead atoms. The minimum atomic E-state index is -0.590. The molecule has 2 fully saturated rings. The van der Waals surface area contributed by atoms with Gasteiger partial charge in [0.25, 0.3) is 0 Å². The molecule has 0 aromatic heterocycles. The first kappa shape index (κ1) is 23.0. The van der Waals surface area contributed by atoms with Gasteiger partial charge >= 0.3 is 0 Å². The average Bonchev–Trinajstić information content (AvgIpc) is 2.52. The molecule has 2 aliphatic rings. The number of rotatable bonds is 6. The SMILES string of the molecule is CN(CCCNC(=O)C1(N)CCCCC1)C1CCCCC1.Cl.Cl. The van der Waals surface area contributed by atoms with E-state index in [1.165, 1.54) is 38.5 Å². The minimum absolute atomic E-state index is 0. The Morgan fingerprint density at radius 2 is 1.65 bits per heavy atom. The van der Waals surface area contributed by atoms with Crippen molar-refractivity contribution >= 4 is 30.7 Å². The smallest absolute Gasteiger partial charge is 0.240 e. The van der Waals surface area contributed by atoms with Gasteiger partial charge in [-0.1, -0.05) is 38.5 Å². The van der Waals surface area contributed by atoms with Crippen molar-refractivity contribution in [2.24, 2.45) is 5.73 Å². The fourth-order valence-corrected chi connectivity index (χ4v) is 3.82. The van der Waals surface area contributed by atoms with Crippen LogP contribution < -0.4 is 11.1 Å². The number of hydrogen-bond donors (Lipinski definition) is 2. The standard InChI is InChI=1S/C17H33N3O.2ClH/c1-20(15-9-4-2-5-10-15)14-8-13-19-16(21)17(18)11-6-3-7-12-17;;/h15H,2-14,18H2,1H3,(H,19,21);2*1H. The Labute approximate surface area is 154 Å². The normalized spacial score (nSPS) is 21.2. The van der Waals surface area contributed by atoms with E-state index in [-0.39, 0.29) is 30.7 Å². The Morgan fingerprint density at radius 3 is 2.26 bits per heavy atom. The second kappa shape index (κ2) is 11.5. The minimum Gasteiger partial charge on any atom is -0.354 e. The maximum atomic E-state index is 12.2. The Balaban J connectivity index is 0.00000242. The molecule has 3 N–H and O–H groups in total. The summed E-state index contributed by atoms with van der Waals surface area (Å²) in [5.41, 5.74) is 5.65. The molecule has 0 aromatic rings. The zero-order valence-electron chi connectivity index (χ0n) is 14.5. The lowest BCUT2D eigenvalue weighted by Crippen LogP contribution is -2.55. The third-order valence-corrected chi connectivity index (χ3v) is 5.37. The lowest BCUT2D eigenvalue weighted by Gasteiger charge is -2.32. The number of nitrogens with two attached hydrogens (primary N) is 1. The molecule has 23 heavy (non-hydrogen) atoms. The van der Waals surface area contributed by atoms with Crippen LogP contribution in [-0.4, -0.2) is 42.5 Å². The van der Waals surface area contributed by atoms with Crippen molar-refractivity contribution in [1.82, 2.24) is 10.2 Å². The van der Waals surface area contributed by atoms with Crippen LogP contribution in [0.15, 0.2) is 0 Å². The summed E-state index contributed by atoms with van der Waals surface area (Å²) >= 11 is 0. The Hall–Kier alpha value is -0.0300. The molecule has 0 atom stereocenters. The van der Waals surface area contributed by atoms with Crippen LogP contribution >= 0.6 is 24.8 Å². The first-order valence-electron chi connectivity index (χ1n) is 8.89. The van der Waals surface area contributed by atoms with Crippen molar-refractivity contribution in [3.05, 3.63) is 0 Å². The van der Waals surface area contributed by atoms with E-state index >= 15 is 0 Å². The fraction of sp³-hybridized carbons (Fsp3) is 0.941. The zero-order valence-corrected chi connectivity index (χ0v) is 16.2.